The highest BCUT2D eigenvalue weighted by atomic mass is 35.5. The van der Waals surface area contributed by atoms with E-state index in [9.17, 15) is 19.5 Å². The number of carboxylic acid groups (broad SMARTS) is 1. The van der Waals surface area contributed by atoms with Crippen molar-refractivity contribution in [3.05, 3.63) is 130 Å². The fraction of sp³-hybridized carbons (Fsp3) is 0.372. The van der Waals surface area contributed by atoms with Crippen LogP contribution in [0.25, 0.3) is 11.1 Å². The quantitative estimate of drug-likeness (QED) is 0.151. The van der Waals surface area contributed by atoms with Crippen molar-refractivity contribution in [2.75, 3.05) is 26.7 Å². The van der Waals surface area contributed by atoms with Crippen LogP contribution in [0.5, 0.6) is 0 Å². The number of ether oxygens (including phenoxy) is 1. The minimum atomic E-state index is -0.983. The van der Waals surface area contributed by atoms with Crippen molar-refractivity contribution in [2.24, 2.45) is 11.3 Å². The van der Waals surface area contributed by atoms with E-state index in [0.717, 1.165) is 59.1 Å². The normalized spacial score (nSPS) is 17.8. The first kappa shape index (κ1) is 34.8. The van der Waals surface area contributed by atoms with Gasteiger partial charge < -0.3 is 19.6 Å². The zero-order valence-corrected chi connectivity index (χ0v) is 30.0. The zero-order valence-electron chi connectivity index (χ0n) is 29.3. The third-order valence-electron chi connectivity index (χ3n) is 11.4. The molecule has 0 radical (unpaired) electrons. The third-order valence-corrected chi connectivity index (χ3v) is 11.6. The van der Waals surface area contributed by atoms with Gasteiger partial charge in [0.2, 0.25) is 5.91 Å². The van der Waals surface area contributed by atoms with Gasteiger partial charge in [0, 0.05) is 31.1 Å². The highest BCUT2D eigenvalue weighted by Crippen LogP contribution is 2.47. The average Bonchev–Trinajstić information content (AvgIpc) is 3.57. The van der Waals surface area contributed by atoms with E-state index >= 15 is 0 Å². The summed E-state index contributed by atoms with van der Waals surface area (Å²) < 4.78 is 6.10. The molecular formula is C43H45ClN2O5. The number of amides is 2. The van der Waals surface area contributed by atoms with Gasteiger partial charge in [-0.25, -0.2) is 4.79 Å². The molecule has 4 aromatic rings. The molecule has 4 aromatic carbocycles. The highest BCUT2D eigenvalue weighted by Gasteiger charge is 2.44. The van der Waals surface area contributed by atoms with E-state index in [4.69, 9.17) is 16.3 Å². The first-order valence-electron chi connectivity index (χ1n) is 18.0. The van der Waals surface area contributed by atoms with Gasteiger partial charge in [0.1, 0.15) is 6.61 Å². The Labute approximate surface area is 305 Å². The molecule has 2 amide bonds. The van der Waals surface area contributed by atoms with Crippen molar-refractivity contribution in [2.45, 2.75) is 63.3 Å². The van der Waals surface area contributed by atoms with Crippen LogP contribution in [0.4, 0.5) is 4.79 Å². The molecule has 51 heavy (non-hydrogen) atoms. The number of hydrogen-bond donors (Lipinski definition) is 1. The molecule has 1 N–H and O–H groups in total. The summed E-state index contributed by atoms with van der Waals surface area (Å²) in [6.45, 7) is 3.12. The second kappa shape index (κ2) is 14.5. The van der Waals surface area contributed by atoms with Crippen LogP contribution in [0, 0.1) is 11.3 Å². The van der Waals surface area contributed by atoms with Gasteiger partial charge in [-0.1, -0.05) is 103 Å². The molecule has 0 saturated heterocycles. The molecule has 7 rings (SSSR count). The summed E-state index contributed by atoms with van der Waals surface area (Å²) in [5, 5.41) is 10.7. The van der Waals surface area contributed by atoms with Crippen LogP contribution in [-0.4, -0.2) is 65.7 Å². The summed E-state index contributed by atoms with van der Waals surface area (Å²) in [5.74, 6) is -2.10. The fourth-order valence-electron chi connectivity index (χ4n) is 8.21. The molecule has 2 unspecified atom stereocenters. The molecule has 0 aromatic heterocycles. The largest absolute Gasteiger partial charge is 0.481 e. The predicted molar refractivity (Wildman–Crippen MR) is 199 cm³/mol. The molecule has 8 heteroatoms. The lowest BCUT2D eigenvalue weighted by Crippen LogP contribution is -2.51. The molecule has 0 heterocycles. The number of halogens is 1. The Morgan fingerprint density at radius 2 is 1.49 bits per heavy atom. The maximum atomic E-state index is 14.8. The van der Waals surface area contributed by atoms with E-state index in [1.54, 1.807) is 11.9 Å². The molecule has 7 nitrogen and oxygen atoms in total. The van der Waals surface area contributed by atoms with E-state index in [0.29, 0.717) is 18.0 Å². The number of carbonyl (C=O) groups is 3. The number of aliphatic carboxylic acids is 1. The van der Waals surface area contributed by atoms with E-state index < -0.39 is 24.0 Å². The minimum Gasteiger partial charge on any atom is -0.481 e. The maximum Gasteiger partial charge on any atom is 0.409 e. The number of rotatable bonds is 13. The second-order valence-electron chi connectivity index (χ2n) is 15.0. The SMILES string of the molecule is CN(C(=O)OCC1c2ccccc2-c2ccccc21)C(Cc1ccc(Cl)cc1)CN(CC1(C)CC1)C(=O)C(CC(=O)O)[C@H]1CCc2ccccc21. The Morgan fingerprint density at radius 1 is 0.882 bits per heavy atom. The topological polar surface area (TPSA) is 87.2 Å². The number of fused-ring (bicyclic) bond motifs is 4. The summed E-state index contributed by atoms with van der Waals surface area (Å²) in [6.07, 6.45) is 3.32. The van der Waals surface area contributed by atoms with Crippen LogP contribution >= 0.6 is 11.6 Å². The van der Waals surface area contributed by atoms with Crippen LogP contribution in [0.1, 0.15) is 72.3 Å². The van der Waals surface area contributed by atoms with Gasteiger partial charge in [-0.05, 0) is 94.5 Å². The van der Waals surface area contributed by atoms with Crippen LogP contribution in [0.3, 0.4) is 0 Å². The number of benzene rings is 4. The Balaban J connectivity index is 1.15. The molecular weight excluding hydrogens is 660 g/mol. The first-order valence-corrected chi connectivity index (χ1v) is 18.4. The van der Waals surface area contributed by atoms with Gasteiger partial charge >= 0.3 is 12.1 Å². The first-order chi connectivity index (χ1) is 24.6. The smallest absolute Gasteiger partial charge is 0.409 e. The third kappa shape index (κ3) is 7.55. The molecule has 3 aliphatic rings. The zero-order chi connectivity index (χ0) is 35.7. The Morgan fingerprint density at radius 3 is 2.12 bits per heavy atom. The summed E-state index contributed by atoms with van der Waals surface area (Å²) in [6, 6.07) is 31.7. The van der Waals surface area contributed by atoms with Crippen molar-refractivity contribution in [1.82, 2.24) is 9.80 Å². The maximum absolute atomic E-state index is 14.8. The molecule has 0 spiro atoms. The van der Waals surface area contributed by atoms with Crippen molar-refractivity contribution >= 4 is 29.6 Å². The lowest BCUT2D eigenvalue weighted by Gasteiger charge is -2.37. The minimum absolute atomic E-state index is 0.0375. The highest BCUT2D eigenvalue weighted by molar-refractivity contribution is 6.30. The number of carbonyl (C=O) groups excluding carboxylic acids is 2. The second-order valence-corrected chi connectivity index (χ2v) is 15.4. The van der Waals surface area contributed by atoms with Gasteiger partial charge in [-0.2, -0.15) is 0 Å². The van der Waals surface area contributed by atoms with Crippen molar-refractivity contribution in [3.8, 4) is 11.1 Å². The number of likely N-dealkylation sites (N-methyl/N-ethyl adjacent to an activating group) is 1. The van der Waals surface area contributed by atoms with E-state index in [1.165, 1.54) is 5.56 Å². The number of nitrogens with zero attached hydrogens (tertiary/aromatic N) is 2. The molecule has 1 saturated carbocycles. The van der Waals surface area contributed by atoms with Crippen LogP contribution in [-0.2, 0) is 27.2 Å². The summed E-state index contributed by atoms with van der Waals surface area (Å²) in [5.41, 5.74) is 7.78. The standard InChI is InChI=1S/C43H45ClN2O5/c1-43(21-22-43)27-46(41(49)38(24-40(47)48)37-20-17-29-9-3-4-10-32(29)37)25-31(23-28-15-18-30(44)19-16-28)45(2)42(50)51-26-39-35-13-7-5-11-33(35)34-12-6-8-14-36(34)39/h3-16,18-19,31,37-39H,17,20-27H2,1-2H3,(H,47,48)/t31?,37-,38?/m0/s1. The van der Waals surface area contributed by atoms with Crippen molar-refractivity contribution in [3.63, 3.8) is 0 Å². The monoisotopic (exact) mass is 704 g/mol. The lowest BCUT2D eigenvalue weighted by molar-refractivity contribution is -0.146. The fourth-order valence-corrected chi connectivity index (χ4v) is 8.34. The Kier molecular flexibility index (Phi) is 9.93. The Bertz CT molecular complexity index is 1880. The van der Waals surface area contributed by atoms with E-state index in [1.807, 2.05) is 71.6 Å². The number of carboxylic acids is 1. The van der Waals surface area contributed by atoms with Gasteiger partial charge in [0.05, 0.1) is 18.4 Å². The summed E-state index contributed by atoms with van der Waals surface area (Å²) >= 11 is 6.23. The van der Waals surface area contributed by atoms with Gasteiger partial charge in [0.15, 0.2) is 0 Å². The molecule has 3 aliphatic carbocycles. The van der Waals surface area contributed by atoms with Crippen molar-refractivity contribution < 1.29 is 24.2 Å². The van der Waals surface area contributed by atoms with E-state index in [2.05, 4.69) is 37.3 Å². The van der Waals surface area contributed by atoms with Crippen LogP contribution in [0.2, 0.25) is 5.02 Å². The molecule has 3 atom stereocenters. The molecule has 0 aliphatic heterocycles. The predicted octanol–water partition coefficient (Wildman–Crippen LogP) is 8.58. The molecule has 264 valence electrons. The van der Waals surface area contributed by atoms with E-state index in [-0.39, 0.29) is 42.7 Å². The van der Waals surface area contributed by atoms with Gasteiger partial charge in [-0.3, -0.25) is 9.59 Å². The lowest BCUT2D eigenvalue weighted by atomic mass is 9.83. The summed E-state index contributed by atoms with van der Waals surface area (Å²) in [4.78, 5) is 44.5. The van der Waals surface area contributed by atoms with Crippen molar-refractivity contribution in [1.29, 1.82) is 0 Å². The number of hydrogen-bond acceptors (Lipinski definition) is 4. The van der Waals surface area contributed by atoms with Crippen LogP contribution in [0.15, 0.2) is 97.1 Å². The van der Waals surface area contributed by atoms with Gasteiger partial charge in [0.25, 0.3) is 0 Å². The summed E-state index contributed by atoms with van der Waals surface area (Å²) in [7, 11) is 1.74. The van der Waals surface area contributed by atoms with Crippen LogP contribution < -0.4 is 0 Å². The van der Waals surface area contributed by atoms with Gasteiger partial charge in [-0.15, -0.1) is 0 Å². The average molecular weight is 705 g/mol. The molecule has 0 bridgehead atoms. The molecule has 1 fully saturated rings. The number of aryl methyl sites for hydroxylation is 1. The Hall–Kier alpha value is -4.62.